The van der Waals surface area contributed by atoms with Gasteiger partial charge in [-0.2, -0.15) is 0 Å². The van der Waals surface area contributed by atoms with Crippen LogP contribution in [-0.4, -0.2) is 92.9 Å². The van der Waals surface area contributed by atoms with Gasteiger partial charge in [-0.15, -0.1) is 0 Å². The third-order valence-electron chi connectivity index (χ3n) is 10.6. The van der Waals surface area contributed by atoms with Gasteiger partial charge in [0.25, 0.3) is 0 Å². The lowest BCUT2D eigenvalue weighted by molar-refractivity contribution is -0.544. The lowest BCUT2D eigenvalue weighted by atomic mass is 9.68. The van der Waals surface area contributed by atoms with E-state index in [4.69, 9.17) is 19.1 Å². The molecule has 0 bridgehead atoms. The molecule has 0 aliphatic heterocycles. The van der Waals surface area contributed by atoms with Crippen LogP contribution in [0, 0.1) is 49.8 Å². The number of carboxylic acids is 2. The van der Waals surface area contributed by atoms with Gasteiger partial charge in [-0.1, -0.05) is 0 Å². The van der Waals surface area contributed by atoms with Crippen molar-refractivity contribution in [1.82, 2.24) is 0 Å². The second-order valence-electron chi connectivity index (χ2n) is 13.2. The summed E-state index contributed by atoms with van der Waals surface area (Å²) in [6, 6.07) is -2.34. The minimum absolute atomic E-state index is 0.0697. The van der Waals surface area contributed by atoms with Crippen LogP contribution >= 0.6 is 0 Å². The molecule has 0 aromatic rings. The Labute approximate surface area is 266 Å². The molecule has 0 spiro atoms. The maximum atomic E-state index is 12.9. The summed E-state index contributed by atoms with van der Waals surface area (Å²) >= 11 is 0. The topological polar surface area (TPSA) is 235 Å². The summed E-state index contributed by atoms with van der Waals surface area (Å²) in [4.78, 5) is 63.4. The van der Waals surface area contributed by atoms with E-state index in [0.29, 0.717) is 83.8 Å². The van der Waals surface area contributed by atoms with Crippen molar-refractivity contribution in [2.45, 2.75) is 126 Å². The average Bonchev–Trinajstić information content (AvgIpc) is 3.04. The molecule has 46 heavy (non-hydrogen) atoms. The third kappa shape index (κ3) is 8.89. The zero-order valence-corrected chi connectivity index (χ0v) is 25.9. The number of hydrogen-bond donors (Lipinski definition) is 3. The molecule has 4 saturated carbocycles. The first kappa shape index (κ1) is 35.9. The molecule has 0 aromatic heterocycles. The van der Waals surface area contributed by atoms with Gasteiger partial charge >= 0.3 is 17.9 Å². The van der Waals surface area contributed by atoms with Crippen LogP contribution in [0.15, 0.2) is 0 Å². The van der Waals surface area contributed by atoms with Gasteiger partial charge in [0, 0.05) is 22.7 Å². The Hall–Kier alpha value is -2.95. The van der Waals surface area contributed by atoms with Crippen LogP contribution in [-0.2, 0) is 33.5 Å². The molecule has 16 nitrogen and oxygen atoms in total. The first-order valence-electron chi connectivity index (χ1n) is 16.5. The number of esters is 1. The molecule has 16 heteroatoms. The van der Waals surface area contributed by atoms with E-state index in [1.54, 1.807) is 0 Å². The van der Waals surface area contributed by atoms with Crippen molar-refractivity contribution in [3.63, 3.8) is 0 Å². The van der Waals surface area contributed by atoms with Crippen LogP contribution in [0.1, 0.15) is 89.9 Å². The van der Waals surface area contributed by atoms with Crippen LogP contribution in [0.2, 0.25) is 0 Å². The second-order valence-corrected chi connectivity index (χ2v) is 13.2. The molecular formula is C30H46N2O14. The first-order chi connectivity index (χ1) is 22.0. The number of carboxylic acid groups (broad SMARTS) is 2. The number of nitro groups is 2. The van der Waals surface area contributed by atoms with Gasteiger partial charge in [0.05, 0.1) is 43.2 Å². The summed E-state index contributed by atoms with van der Waals surface area (Å²) in [6.07, 6.45) is 4.86. The smallest absolute Gasteiger partial charge is 0.317 e. The molecular weight excluding hydrogens is 612 g/mol. The predicted molar refractivity (Wildman–Crippen MR) is 156 cm³/mol. The normalized spacial score (nSPS) is 35.8. The van der Waals surface area contributed by atoms with Gasteiger partial charge in [0.1, 0.15) is 18.1 Å². The Balaban J connectivity index is 1.15. The number of nitrogens with zero attached hydrogens (tertiary/aromatic N) is 2. The van der Waals surface area contributed by atoms with Crippen molar-refractivity contribution >= 4 is 17.9 Å². The van der Waals surface area contributed by atoms with Crippen molar-refractivity contribution in [2.24, 2.45) is 29.6 Å². The second kappa shape index (κ2) is 16.7. The molecule has 0 heterocycles. The van der Waals surface area contributed by atoms with E-state index in [1.807, 2.05) is 0 Å². The Bertz CT molecular complexity index is 1030. The quantitative estimate of drug-likeness (QED) is 0.0795. The maximum absolute atomic E-state index is 12.9. The van der Waals surface area contributed by atoms with Gasteiger partial charge in [0.2, 0.25) is 12.1 Å². The Morgan fingerprint density at radius 1 is 0.674 bits per heavy atom. The fourth-order valence-corrected chi connectivity index (χ4v) is 8.23. The molecule has 0 radical (unpaired) electrons. The Morgan fingerprint density at radius 3 is 1.65 bits per heavy atom. The molecule has 0 amide bonds. The Kier molecular flexibility index (Phi) is 13.1. The fraction of sp³-hybridized carbons (Fsp3) is 0.900. The number of hydrogen-bond acceptors (Lipinski definition) is 12. The maximum Gasteiger partial charge on any atom is 0.317 e. The largest absolute Gasteiger partial charge is 0.481 e. The van der Waals surface area contributed by atoms with E-state index >= 15 is 0 Å². The van der Waals surface area contributed by atoms with Gasteiger partial charge in [-0.25, -0.2) is 4.89 Å². The highest BCUT2D eigenvalue weighted by Gasteiger charge is 2.52. The third-order valence-corrected chi connectivity index (χ3v) is 10.6. The molecule has 0 saturated heterocycles. The van der Waals surface area contributed by atoms with E-state index < -0.39 is 75.7 Å². The molecule has 4 fully saturated rings. The first-order valence-corrected chi connectivity index (χ1v) is 16.5. The summed E-state index contributed by atoms with van der Waals surface area (Å²) < 4.78 is 17.5. The van der Waals surface area contributed by atoms with Crippen molar-refractivity contribution in [2.75, 3.05) is 13.2 Å². The lowest BCUT2D eigenvalue weighted by Gasteiger charge is -2.40. The number of aliphatic carboxylic acids is 2. The molecule has 4 rings (SSSR count). The fourth-order valence-electron chi connectivity index (χ4n) is 8.23. The monoisotopic (exact) mass is 658 g/mol. The Morgan fingerprint density at radius 2 is 1.15 bits per heavy atom. The van der Waals surface area contributed by atoms with Gasteiger partial charge in [-0.3, -0.25) is 39.9 Å². The summed E-state index contributed by atoms with van der Waals surface area (Å²) in [5.41, 5.74) is 0. The summed E-state index contributed by atoms with van der Waals surface area (Å²) in [6.45, 7) is 0.689. The summed E-state index contributed by atoms with van der Waals surface area (Å²) in [7, 11) is 0. The highest BCUT2D eigenvalue weighted by molar-refractivity contribution is 5.82. The van der Waals surface area contributed by atoms with Crippen LogP contribution in [0.5, 0.6) is 0 Å². The zero-order chi connectivity index (χ0) is 33.4. The van der Waals surface area contributed by atoms with Crippen molar-refractivity contribution in [3.8, 4) is 0 Å². The van der Waals surface area contributed by atoms with Crippen molar-refractivity contribution in [3.05, 3.63) is 20.2 Å². The number of carbonyl (C=O) groups is 3. The van der Waals surface area contributed by atoms with E-state index in [-0.39, 0.29) is 37.4 Å². The van der Waals surface area contributed by atoms with Crippen LogP contribution in [0.25, 0.3) is 0 Å². The molecule has 0 aromatic carbocycles. The van der Waals surface area contributed by atoms with Crippen LogP contribution in [0.3, 0.4) is 0 Å². The summed E-state index contributed by atoms with van der Waals surface area (Å²) in [5.74, 6) is -7.64. The minimum Gasteiger partial charge on any atom is -0.481 e. The molecule has 7 atom stereocenters. The number of carbonyl (C=O) groups excluding carboxylic acids is 1. The zero-order valence-electron chi connectivity index (χ0n) is 25.9. The van der Waals surface area contributed by atoms with E-state index in [1.165, 1.54) is 0 Å². The van der Waals surface area contributed by atoms with Gasteiger partial charge in [-0.05, 0) is 83.0 Å². The minimum atomic E-state index is -1.30. The van der Waals surface area contributed by atoms with Crippen molar-refractivity contribution in [1.29, 1.82) is 0 Å². The SMILES string of the molecule is O=C(O)C1CCCC([N+](=O)[O-])C1C(=O)OC1CCC(OCCOC2CCC(C(OO)C3C(C(=O)O)CCCC3[N+](=O)[O-])CC2)CC1. The molecule has 4 aliphatic carbocycles. The van der Waals surface area contributed by atoms with Crippen molar-refractivity contribution < 1.29 is 58.8 Å². The predicted octanol–water partition coefficient (Wildman–Crippen LogP) is 3.58. The number of ether oxygens (including phenoxy) is 3. The summed E-state index contributed by atoms with van der Waals surface area (Å²) in [5, 5.41) is 52.2. The number of rotatable bonds is 14. The highest BCUT2D eigenvalue weighted by Crippen LogP contribution is 2.42. The van der Waals surface area contributed by atoms with Gasteiger partial charge in [0.15, 0.2) is 0 Å². The molecule has 7 unspecified atom stereocenters. The van der Waals surface area contributed by atoms with E-state index in [9.17, 15) is 50.1 Å². The lowest BCUT2D eigenvalue weighted by Crippen LogP contribution is -2.50. The average molecular weight is 659 g/mol. The van der Waals surface area contributed by atoms with Crippen LogP contribution in [0.4, 0.5) is 0 Å². The molecule has 3 N–H and O–H groups in total. The van der Waals surface area contributed by atoms with Gasteiger partial charge < -0.3 is 24.4 Å². The standard InChI is InChI=1S/C30H46N2O14/c33-28(34)21-3-1-5-23(31(38)39)25(21)27(46-42)17-7-9-18(10-8-17)43-15-16-44-19-11-13-20(14-12-19)45-30(37)26-22(29(35)36)4-2-6-24(26)32(40)41/h17-27,42H,1-16H2,(H,33,34)(H,35,36). The molecule has 260 valence electrons. The molecule has 4 aliphatic rings. The van der Waals surface area contributed by atoms with E-state index in [0.717, 1.165) is 0 Å². The van der Waals surface area contributed by atoms with E-state index in [2.05, 4.69) is 0 Å². The van der Waals surface area contributed by atoms with Crippen LogP contribution < -0.4 is 0 Å². The highest BCUT2D eigenvalue weighted by atomic mass is 17.1.